The summed E-state index contributed by atoms with van der Waals surface area (Å²) in [7, 11) is -3.76. The Balaban J connectivity index is 2.09. The lowest BCUT2D eigenvalue weighted by Gasteiger charge is -2.23. The van der Waals surface area contributed by atoms with Crippen LogP contribution in [0.4, 0.5) is 0 Å². The molecular weight excluding hydrogens is 357 g/mol. The van der Waals surface area contributed by atoms with Crippen LogP contribution in [0.3, 0.4) is 0 Å². The maximum absolute atomic E-state index is 13.2. The van der Waals surface area contributed by atoms with Gasteiger partial charge >= 0.3 is 0 Å². The van der Waals surface area contributed by atoms with Gasteiger partial charge in [-0.1, -0.05) is 23.2 Å². The van der Waals surface area contributed by atoms with Gasteiger partial charge in [-0.05, 0) is 56.0 Å². The van der Waals surface area contributed by atoms with Crippen LogP contribution in [-0.4, -0.2) is 18.8 Å². The van der Waals surface area contributed by atoms with Crippen LogP contribution >= 0.6 is 23.2 Å². The molecule has 0 atom stereocenters. The summed E-state index contributed by atoms with van der Waals surface area (Å²) in [5, 5.41) is 0.635. The molecule has 0 saturated heterocycles. The number of benzene rings is 1. The van der Waals surface area contributed by atoms with Crippen molar-refractivity contribution in [2.24, 2.45) is 0 Å². The first-order valence-electron chi connectivity index (χ1n) is 7.31. The van der Waals surface area contributed by atoms with E-state index in [0.717, 1.165) is 12.8 Å². The van der Waals surface area contributed by atoms with E-state index in [2.05, 4.69) is 0 Å². The molecule has 23 heavy (non-hydrogen) atoms. The maximum atomic E-state index is 13.2. The van der Waals surface area contributed by atoms with Crippen molar-refractivity contribution in [3.8, 4) is 0 Å². The summed E-state index contributed by atoms with van der Waals surface area (Å²) in [6.07, 6.45) is 3.22. The normalized spacial score (nSPS) is 15.3. The number of hydrogen-bond acceptors (Lipinski definition) is 3. The van der Waals surface area contributed by atoms with Crippen LogP contribution < -0.4 is 0 Å². The van der Waals surface area contributed by atoms with Gasteiger partial charge in [0.15, 0.2) is 0 Å². The Labute approximate surface area is 146 Å². The van der Waals surface area contributed by atoms with Crippen molar-refractivity contribution in [3.63, 3.8) is 0 Å². The van der Waals surface area contributed by atoms with E-state index in [4.69, 9.17) is 27.6 Å². The van der Waals surface area contributed by atoms with Gasteiger partial charge in [0, 0.05) is 11.1 Å². The number of furan rings is 1. The third kappa shape index (κ3) is 3.15. The highest BCUT2D eigenvalue weighted by Gasteiger charge is 2.40. The fourth-order valence-corrected chi connectivity index (χ4v) is 5.39. The Kier molecular flexibility index (Phi) is 4.49. The van der Waals surface area contributed by atoms with E-state index in [0.29, 0.717) is 21.9 Å². The third-order valence-electron chi connectivity index (χ3n) is 4.00. The minimum absolute atomic E-state index is 0.0140. The summed E-state index contributed by atoms with van der Waals surface area (Å²) in [6, 6.07) is 5.18. The molecule has 0 amide bonds. The smallest absolute Gasteiger partial charge is 0.245 e. The van der Waals surface area contributed by atoms with E-state index in [9.17, 15) is 8.42 Å². The molecule has 1 heterocycles. The van der Waals surface area contributed by atoms with Crippen molar-refractivity contribution < 1.29 is 12.8 Å². The summed E-state index contributed by atoms with van der Waals surface area (Å²) in [6.45, 7) is 3.63. The number of nitrogens with zero attached hydrogens (tertiary/aromatic N) is 1. The van der Waals surface area contributed by atoms with Crippen molar-refractivity contribution in [1.82, 2.24) is 4.31 Å². The predicted octanol–water partition coefficient (Wildman–Crippen LogP) is 4.56. The Morgan fingerprint density at radius 3 is 2.57 bits per heavy atom. The highest BCUT2D eigenvalue weighted by molar-refractivity contribution is 7.89. The standard InChI is InChI=1S/C16H17Cl2NO3S/c1-10-8-14(17)11(2)16(15(10)18)23(20,21)19(12-5-6-12)9-13-4-3-7-22-13/h3-4,7-8,12H,5-6,9H2,1-2H3. The molecule has 0 radical (unpaired) electrons. The zero-order valence-electron chi connectivity index (χ0n) is 12.8. The Morgan fingerprint density at radius 2 is 2.00 bits per heavy atom. The van der Waals surface area contributed by atoms with Crippen molar-refractivity contribution in [3.05, 3.63) is 51.4 Å². The van der Waals surface area contributed by atoms with Gasteiger partial charge in [-0.2, -0.15) is 4.31 Å². The minimum atomic E-state index is -3.76. The lowest BCUT2D eigenvalue weighted by Crippen LogP contribution is -2.33. The lowest BCUT2D eigenvalue weighted by atomic mass is 10.2. The van der Waals surface area contributed by atoms with Crippen LogP contribution in [0, 0.1) is 13.8 Å². The molecule has 1 saturated carbocycles. The van der Waals surface area contributed by atoms with Crippen molar-refractivity contribution in [2.75, 3.05) is 0 Å². The summed E-state index contributed by atoms with van der Waals surface area (Å²) < 4.78 is 33.2. The second-order valence-corrected chi connectivity index (χ2v) is 8.42. The Hall–Kier alpha value is -1.01. The van der Waals surface area contributed by atoms with Crippen LogP contribution in [0.2, 0.25) is 10.0 Å². The first kappa shape index (κ1) is 16.8. The van der Waals surface area contributed by atoms with Crippen LogP contribution in [0.15, 0.2) is 33.8 Å². The molecule has 0 spiro atoms. The van der Waals surface area contributed by atoms with Crippen LogP contribution in [-0.2, 0) is 16.6 Å². The molecule has 0 bridgehead atoms. The largest absolute Gasteiger partial charge is 0.468 e. The van der Waals surface area contributed by atoms with E-state index in [-0.39, 0.29) is 22.5 Å². The Morgan fingerprint density at radius 1 is 1.30 bits per heavy atom. The van der Waals surface area contributed by atoms with Crippen molar-refractivity contribution >= 4 is 33.2 Å². The average Bonchev–Trinajstić information content (AvgIpc) is 3.18. The van der Waals surface area contributed by atoms with E-state index in [1.54, 1.807) is 32.0 Å². The molecule has 4 nitrogen and oxygen atoms in total. The summed E-state index contributed by atoms with van der Waals surface area (Å²) in [4.78, 5) is 0.0997. The number of hydrogen-bond donors (Lipinski definition) is 0. The molecular formula is C16H17Cl2NO3S. The summed E-state index contributed by atoms with van der Waals surface area (Å²) >= 11 is 12.5. The molecule has 0 N–H and O–H groups in total. The fourth-order valence-electron chi connectivity index (χ4n) is 2.57. The number of aryl methyl sites for hydroxylation is 1. The molecule has 1 aromatic heterocycles. The maximum Gasteiger partial charge on any atom is 0.245 e. The molecule has 7 heteroatoms. The Bertz CT molecular complexity index is 801. The van der Waals surface area contributed by atoms with Gasteiger partial charge < -0.3 is 4.42 Å². The SMILES string of the molecule is Cc1cc(Cl)c(C)c(S(=O)(=O)N(Cc2ccco2)C2CC2)c1Cl. The highest BCUT2D eigenvalue weighted by atomic mass is 35.5. The summed E-state index contributed by atoms with van der Waals surface area (Å²) in [5.74, 6) is 0.605. The number of halogens is 2. The molecule has 0 aliphatic heterocycles. The average molecular weight is 374 g/mol. The zero-order valence-corrected chi connectivity index (χ0v) is 15.2. The van der Waals surface area contributed by atoms with Gasteiger partial charge in [0.05, 0.1) is 17.8 Å². The fraction of sp³-hybridized carbons (Fsp3) is 0.375. The van der Waals surface area contributed by atoms with E-state index in [1.165, 1.54) is 10.6 Å². The van der Waals surface area contributed by atoms with E-state index in [1.807, 2.05) is 0 Å². The van der Waals surface area contributed by atoms with Crippen molar-refractivity contribution in [1.29, 1.82) is 0 Å². The van der Waals surface area contributed by atoms with Gasteiger partial charge in [-0.15, -0.1) is 0 Å². The van der Waals surface area contributed by atoms with Gasteiger partial charge in [0.2, 0.25) is 10.0 Å². The number of sulfonamides is 1. The summed E-state index contributed by atoms with van der Waals surface area (Å²) in [5.41, 5.74) is 1.13. The van der Waals surface area contributed by atoms with Gasteiger partial charge in [-0.3, -0.25) is 0 Å². The van der Waals surface area contributed by atoms with E-state index >= 15 is 0 Å². The molecule has 1 aliphatic carbocycles. The van der Waals surface area contributed by atoms with Crippen LogP contribution in [0.25, 0.3) is 0 Å². The molecule has 1 fully saturated rings. The number of rotatable bonds is 5. The van der Waals surface area contributed by atoms with Gasteiger partial charge in [0.1, 0.15) is 10.7 Å². The molecule has 1 aromatic carbocycles. The van der Waals surface area contributed by atoms with E-state index < -0.39 is 10.0 Å². The van der Waals surface area contributed by atoms with Crippen LogP contribution in [0.1, 0.15) is 29.7 Å². The topological polar surface area (TPSA) is 50.5 Å². The lowest BCUT2D eigenvalue weighted by molar-refractivity contribution is 0.356. The monoisotopic (exact) mass is 373 g/mol. The second-order valence-electron chi connectivity index (χ2n) is 5.80. The minimum Gasteiger partial charge on any atom is -0.468 e. The zero-order chi connectivity index (χ0) is 16.8. The molecule has 124 valence electrons. The van der Waals surface area contributed by atoms with Crippen LogP contribution in [0.5, 0.6) is 0 Å². The first-order chi connectivity index (χ1) is 10.8. The van der Waals surface area contributed by atoms with Gasteiger partial charge in [-0.25, -0.2) is 8.42 Å². The third-order valence-corrected chi connectivity index (χ3v) is 7.06. The highest BCUT2D eigenvalue weighted by Crippen LogP contribution is 2.39. The molecule has 1 aliphatic rings. The molecule has 2 aromatic rings. The van der Waals surface area contributed by atoms with Gasteiger partial charge in [0.25, 0.3) is 0 Å². The first-order valence-corrected chi connectivity index (χ1v) is 9.51. The quantitative estimate of drug-likeness (QED) is 0.771. The predicted molar refractivity (Wildman–Crippen MR) is 90.4 cm³/mol. The van der Waals surface area contributed by atoms with Crippen molar-refractivity contribution in [2.45, 2.75) is 44.2 Å². The molecule has 3 rings (SSSR count). The second kappa shape index (κ2) is 6.13. The molecule has 0 unspecified atom stereocenters.